The molecule has 1 aromatic carbocycles. The first-order valence-electron chi connectivity index (χ1n) is 12.7. The van der Waals surface area contributed by atoms with Gasteiger partial charge in [-0.3, -0.25) is 4.40 Å². The van der Waals surface area contributed by atoms with Crippen molar-refractivity contribution in [3.8, 4) is 22.9 Å². The zero-order valence-corrected chi connectivity index (χ0v) is 21.3. The molecular formula is C27H32ClFN6O. The highest BCUT2D eigenvalue weighted by Crippen LogP contribution is 2.44. The van der Waals surface area contributed by atoms with Crippen molar-refractivity contribution in [3.63, 3.8) is 0 Å². The van der Waals surface area contributed by atoms with Crippen molar-refractivity contribution >= 4 is 24.0 Å². The van der Waals surface area contributed by atoms with E-state index in [2.05, 4.69) is 15.4 Å². The first kappa shape index (κ1) is 24.8. The topological polar surface area (TPSA) is 92.5 Å². The lowest BCUT2D eigenvalue weighted by Crippen LogP contribution is -2.48. The van der Waals surface area contributed by atoms with Gasteiger partial charge in [-0.05, 0) is 69.1 Å². The molecule has 0 spiro atoms. The van der Waals surface area contributed by atoms with Crippen LogP contribution in [0.3, 0.4) is 0 Å². The largest absolute Gasteiger partial charge is 0.494 e. The van der Waals surface area contributed by atoms with Crippen molar-refractivity contribution in [1.29, 1.82) is 5.26 Å². The van der Waals surface area contributed by atoms with Gasteiger partial charge in [0.25, 0.3) is 0 Å². The standard InChI is InChI=1S/C27H31FN6O.ClH/c1-35-23-9-6-18(12-22(23)28)24-25(17-4-2-16(15-29)3-5-17)32-27(33-11-10-31-26(24)33)34-20-7-8-21(34)14-19(30)13-20;/h6,9-12,16-17,19-21H,2-5,7-8,13-14,30H2,1H3;1H. The molecule has 6 rings (SSSR count). The minimum atomic E-state index is -0.402. The van der Waals surface area contributed by atoms with Crippen LogP contribution >= 0.6 is 12.4 Å². The van der Waals surface area contributed by atoms with Crippen LogP contribution in [0.2, 0.25) is 0 Å². The molecule has 2 aromatic heterocycles. The summed E-state index contributed by atoms with van der Waals surface area (Å²) in [6, 6.07) is 8.52. The summed E-state index contributed by atoms with van der Waals surface area (Å²) in [4.78, 5) is 12.6. The number of nitriles is 1. The smallest absolute Gasteiger partial charge is 0.212 e. The molecule has 1 aliphatic carbocycles. The Balaban J connectivity index is 0.00000267. The Morgan fingerprint density at radius 3 is 2.47 bits per heavy atom. The van der Waals surface area contributed by atoms with Crippen molar-refractivity contribution in [2.45, 2.75) is 75.4 Å². The van der Waals surface area contributed by atoms with Gasteiger partial charge in [-0.2, -0.15) is 5.26 Å². The number of fused-ring (bicyclic) bond motifs is 3. The second-order valence-electron chi connectivity index (χ2n) is 10.3. The molecule has 9 heteroatoms. The molecule has 2 unspecified atom stereocenters. The predicted molar refractivity (Wildman–Crippen MR) is 139 cm³/mol. The molecule has 2 saturated heterocycles. The Kier molecular flexibility index (Phi) is 6.80. The van der Waals surface area contributed by atoms with Gasteiger partial charge in [0.05, 0.1) is 18.9 Å². The summed E-state index contributed by atoms with van der Waals surface area (Å²) in [5, 5.41) is 9.43. The minimum Gasteiger partial charge on any atom is -0.494 e. The highest BCUT2D eigenvalue weighted by Gasteiger charge is 2.42. The molecule has 2 aliphatic heterocycles. The average molecular weight is 511 g/mol. The van der Waals surface area contributed by atoms with Gasteiger partial charge in [0.2, 0.25) is 5.95 Å². The number of rotatable bonds is 4. The maximum absolute atomic E-state index is 14.8. The molecule has 0 amide bonds. The highest BCUT2D eigenvalue weighted by molar-refractivity contribution is 5.85. The number of halogens is 2. The van der Waals surface area contributed by atoms with Crippen LogP contribution in [0.1, 0.15) is 63.0 Å². The van der Waals surface area contributed by atoms with Crippen molar-refractivity contribution in [3.05, 3.63) is 42.1 Å². The molecule has 2 bridgehead atoms. The summed E-state index contributed by atoms with van der Waals surface area (Å²) in [5.41, 5.74) is 9.75. The summed E-state index contributed by atoms with van der Waals surface area (Å²) >= 11 is 0. The number of nitrogens with zero attached hydrogens (tertiary/aromatic N) is 5. The van der Waals surface area contributed by atoms with E-state index in [0.29, 0.717) is 12.1 Å². The van der Waals surface area contributed by atoms with Crippen molar-refractivity contribution in [2.75, 3.05) is 12.0 Å². The lowest BCUT2D eigenvalue weighted by atomic mass is 9.79. The molecule has 3 aliphatic rings. The molecule has 0 radical (unpaired) electrons. The van der Waals surface area contributed by atoms with E-state index < -0.39 is 5.82 Å². The summed E-state index contributed by atoms with van der Waals surface area (Å²) in [5.74, 6) is 1.04. The van der Waals surface area contributed by atoms with E-state index in [9.17, 15) is 9.65 Å². The van der Waals surface area contributed by atoms with Gasteiger partial charge in [-0.1, -0.05) is 6.07 Å². The molecule has 3 aromatic rings. The van der Waals surface area contributed by atoms with Crippen molar-refractivity contribution in [2.24, 2.45) is 11.7 Å². The Labute approximate surface area is 216 Å². The summed E-state index contributed by atoms with van der Waals surface area (Å²) < 4.78 is 22.1. The highest BCUT2D eigenvalue weighted by atomic mass is 35.5. The molecule has 1 saturated carbocycles. The Morgan fingerprint density at radius 1 is 1.11 bits per heavy atom. The molecule has 7 nitrogen and oxygen atoms in total. The minimum absolute atomic E-state index is 0. The Hall–Kier alpha value is -2.89. The molecule has 2 atom stereocenters. The SMILES string of the molecule is COc1ccc(-c2c(C3CCC(C#N)CC3)nc(N3C4CCC3CC(N)C4)n3ccnc23)cc1F.Cl. The van der Waals surface area contributed by atoms with Crippen LogP contribution < -0.4 is 15.4 Å². The second-order valence-corrected chi connectivity index (χ2v) is 10.3. The number of hydrogen-bond acceptors (Lipinski definition) is 6. The Morgan fingerprint density at radius 2 is 1.83 bits per heavy atom. The third-order valence-electron chi connectivity index (χ3n) is 8.29. The summed E-state index contributed by atoms with van der Waals surface area (Å²) in [6.45, 7) is 0. The van der Waals surface area contributed by atoms with Crippen LogP contribution in [0.25, 0.3) is 16.8 Å². The maximum atomic E-state index is 14.8. The summed E-state index contributed by atoms with van der Waals surface area (Å²) in [7, 11) is 1.47. The van der Waals surface area contributed by atoms with Crippen LogP contribution in [-0.4, -0.2) is 39.6 Å². The second kappa shape index (κ2) is 9.87. The molecular weight excluding hydrogens is 479 g/mol. The van der Waals surface area contributed by atoms with E-state index in [1.54, 1.807) is 12.3 Å². The molecule has 3 fully saturated rings. The zero-order chi connectivity index (χ0) is 24.1. The van der Waals surface area contributed by atoms with Crippen molar-refractivity contribution < 1.29 is 9.13 Å². The quantitative estimate of drug-likeness (QED) is 0.517. The molecule has 4 heterocycles. The zero-order valence-electron chi connectivity index (χ0n) is 20.4. The number of methoxy groups -OCH3 is 1. The lowest BCUT2D eigenvalue weighted by molar-refractivity contribution is 0.376. The van der Waals surface area contributed by atoms with Crippen LogP contribution in [0.15, 0.2) is 30.6 Å². The number of aromatic nitrogens is 3. The first-order valence-corrected chi connectivity index (χ1v) is 12.7. The lowest BCUT2D eigenvalue weighted by Gasteiger charge is -2.39. The third-order valence-corrected chi connectivity index (χ3v) is 8.29. The number of hydrogen-bond donors (Lipinski definition) is 1. The van der Waals surface area contributed by atoms with Crippen LogP contribution in [-0.2, 0) is 0 Å². The first-order chi connectivity index (χ1) is 17.1. The molecule has 2 N–H and O–H groups in total. The van der Waals surface area contributed by atoms with E-state index in [-0.39, 0.29) is 36.0 Å². The van der Waals surface area contributed by atoms with E-state index in [1.807, 2.05) is 12.3 Å². The fourth-order valence-corrected chi connectivity index (χ4v) is 6.60. The number of piperidine rings is 1. The van der Waals surface area contributed by atoms with Gasteiger partial charge in [0.15, 0.2) is 11.6 Å². The van der Waals surface area contributed by atoms with Gasteiger partial charge in [-0.15, -0.1) is 12.4 Å². The fourth-order valence-electron chi connectivity index (χ4n) is 6.60. The van der Waals surface area contributed by atoms with E-state index in [4.69, 9.17) is 20.4 Å². The molecule has 36 heavy (non-hydrogen) atoms. The van der Waals surface area contributed by atoms with Gasteiger partial charge < -0.3 is 15.4 Å². The van der Waals surface area contributed by atoms with Crippen molar-refractivity contribution in [1.82, 2.24) is 14.4 Å². The number of benzene rings is 1. The van der Waals surface area contributed by atoms with Gasteiger partial charge in [0, 0.05) is 47.9 Å². The maximum Gasteiger partial charge on any atom is 0.212 e. The normalized spacial score (nSPS) is 27.5. The van der Waals surface area contributed by atoms with Gasteiger partial charge in [0.1, 0.15) is 5.65 Å². The predicted octanol–water partition coefficient (Wildman–Crippen LogP) is 5.22. The van der Waals surface area contributed by atoms with Gasteiger partial charge >= 0.3 is 0 Å². The third kappa shape index (κ3) is 4.08. The number of nitrogens with two attached hydrogens (primary N) is 1. The van der Waals surface area contributed by atoms with Crippen LogP contribution in [0, 0.1) is 23.1 Å². The Bertz CT molecular complexity index is 1280. The number of anilines is 1. The van der Waals surface area contributed by atoms with Gasteiger partial charge in [-0.25, -0.2) is 14.4 Å². The fraction of sp³-hybridized carbons (Fsp3) is 0.519. The monoisotopic (exact) mass is 510 g/mol. The van der Waals surface area contributed by atoms with Crippen LogP contribution in [0.4, 0.5) is 10.3 Å². The summed E-state index contributed by atoms with van der Waals surface area (Å²) in [6.07, 6.45) is 11.5. The van der Waals surface area contributed by atoms with Crippen LogP contribution in [0.5, 0.6) is 5.75 Å². The molecule has 190 valence electrons. The van der Waals surface area contributed by atoms with E-state index >= 15 is 0 Å². The number of imidazole rings is 1. The number of ether oxygens (including phenoxy) is 1. The van der Waals surface area contributed by atoms with E-state index in [0.717, 1.165) is 79.8 Å². The average Bonchev–Trinajstić information content (AvgIpc) is 3.46. The van der Waals surface area contributed by atoms with E-state index in [1.165, 1.54) is 13.2 Å².